The highest BCUT2D eigenvalue weighted by Gasteiger charge is 2.25. The minimum absolute atomic E-state index is 0.0114. The van der Waals surface area contributed by atoms with Gasteiger partial charge in [-0.3, -0.25) is 4.79 Å². The lowest BCUT2D eigenvalue weighted by Gasteiger charge is -2.34. The molecule has 5 heteroatoms. The number of aliphatic hydroxyl groups is 1. The third-order valence-corrected chi connectivity index (χ3v) is 4.55. The van der Waals surface area contributed by atoms with Crippen molar-refractivity contribution in [2.45, 2.75) is 31.1 Å². The minimum Gasteiger partial charge on any atom is -0.394 e. The van der Waals surface area contributed by atoms with Gasteiger partial charge in [-0.1, -0.05) is 12.1 Å². The molecule has 3 nitrogen and oxygen atoms in total. The van der Waals surface area contributed by atoms with Crippen molar-refractivity contribution in [2.24, 2.45) is 0 Å². The van der Waals surface area contributed by atoms with E-state index in [1.165, 1.54) is 23.9 Å². The Morgan fingerprint density at radius 1 is 1.35 bits per heavy atom. The number of benzene rings is 1. The third-order valence-electron chi connectivity index (χ3n) is 3.57. The van der Waals surface area contributed by atoms with Crippen molar-refractivity contribution in [3.8, 4) is 0 Å². The fourth-order valence-corrected chi connectivity index (χ4v) is 3.31. The number of carbonyl (C=O) groups is 1. The maximum absolute atomic E-state index is 12.8. The van der Waals surface area contributed by atoms with Crippen LogP contribution in [0, 0.1) is 5.82 Å². The Morgan fingerprint density at radius 2 is 2.10 bits per heavy atom. The van der Waals surface area contributed by atoms with Gasteiger partial charge in [-0.15, -0.1) is 11.8 Å². The molecule has 1 N–H and O–H groups in total. The number of piperidine rings is 1. The molecule has 20 heavy (non-hydrogen) atoms. The summed E-state index contributed by atoms with van der Waals surface area (Å²) in [5.74, 6) is 0.960. The van der Waals surface area contributed by atoms with Crippen molar-refractivity contribution >= 4 is 17.7 Å². The lowest BCUT2D eigenvalue weighted by molar-refractivity contribution is -0.132. The van der Waals surface area contributed by atoms with Crippen molar-refractivity contribution < 1.29 is 14.3 Å². The SMILES string of the molecule is O=C(CSCc1ccc(F)cc1)N1CCCCC1CO. The van der Waals surface area contributed by atoms with Gasteiger partial charge in [-0.05, 0) is 37.0 Å². The largest absolute Gasteiger partial charge is 0.394 e. The normalized spacial score (nSPS) is 19.1. The molecule has 1 aromatic rings. The number of carbonyl (C=O) groups excluding carboxylic acids is 1. The van der Waals surface area contributed by atoms with Gasteiger partial charge in [0, 0.05) is 12.3 Å². The Kier molecular flexibility index (Phi) is 5.86. The highest BCUT2D eigenvalue weighted by molar-refractivity contribution is 7.99. The van der Waals surface area contributed by atoms with Crippen molar-refractivity contribution in [2.75, 3.05) is 18.9 Å². The second-order valence-electron chi connectivity index (χ2n) is 5.04. The van der Waals surface area contributed by atoms with Gasteiger partial charge in [0.2, 0.25) is 5.91 Å². The van der Waals surface area contributed by atoms with Gasteiger partial charge in [0.15, 0.2) is 0 Å². The molecule has 1 amide bonds. The van der Waals surface area contributed by atoms with Gasteiger partial charge >= 0.3 is 0 Å². The van der Waals surface area contributed by atoms with E-state index in [1.807, 2.05) is 0 Å². The molecule has 110 valence electrons. The zero-order valence-corrected chi connectivity index (χ0v) is 12.2. The lowest BCUT2D eigenvalue weighted by Crippen LogP contribution is -2.46. The Balaban J connectivity index is 1.78. The lowest BCUT2D eigenvalue weighted by atomic mass is 10.0. The van der Waals surface area contributed by atoms with Crippen molar-refractivity contribution in [3.63, 3.8) is 0 Å². The molecule has 1 aliphatic heterocycles. The zero-order valence-electron chi connectivity index (χ0n) is 11.4. The summed E-state index contributed by atoms with van der Waals surface area (Å²) >= 11 is 1.53. The van der Waals surface area contributed by atoms with E-state index < -0.39 is 0 Å². The molecule has 0 saturated carbocycles. The maximum atomic E-state index is 12.8. The molecule has 1 fully saturated rings. The van der Waals surface area contributed by atoms with Crippen LogP contribution in [0.3, 0.4) is 0 Å². The van der Waals surface area contributed by atoms with Gasteiger partial charge in [0.25, 0.3) is 0 Å². The average Bonchev–Trinajstić information content (AvgIpc) is 2.49. The fraction of sp³-hybridized carbons (Fsp3) is 0.533. The molecule has 2 rings (SSSR count). The molecule has 1 aliphatic rings. The molecule has 0 aliphatic carbocycles. The fourth-order valence-electron chi connectivity index (χ4n) is 2.44. The number of hydrogen-bond acceptors (Lipinski definition) is 3. The molecule has 0 bridgehead atoms. The predicted octanol–water partition coefficient (Wildman–Crippen LogP) is 2.43. The Labute approximate surface area is 123 Å². The van der Waals surface area contributed by atoms with E-state index in [0.29, 0.717) is 11.5 Å². The number of amides is 1. The van der Waals surface area contributed by atoms with E-state index >= 15 is 0 Å². The van der Waals surface area contributed by atoms with Crippen LogP contribution in [-0.4, -0.2) is 40.9 Å². The van der Waals surface area contributed by atoms with Crippen LogP contribution in [0.2, 0.25) is 0 Å². The summed E-state index contributed by atoms with van der Waals surface area (Å²) in [5, 5.41) is 9.30. The number of likely N-dealkylation sites (tertiary alicyclic amines) is 1. The quantitative estimate of drug-likeness (QED) is 0.907. The van der Waals surface area contributed by atoms with Crippen LogP contribution >= 0.6 is 11.8 Å². The number of thioether (sulfide) groups is 1. The molecule has 1 heterocycles. The number of hydrogen-bond donors (Lipinski definition) is 1. The standard InChI is InChI=1S/C15H20FNO2S/c16-13-6-4-12(5-7-13)10-20-11-15(19)17-8-2-1-3-14(17)9-18/h4-7,14,18H,1-3,8-11H2. The summed E-state index contributed by atoms with van der Waals surface area (Å²) in [6.45, 7) is 0.801. The molecule has 1 aromatic carbocycles. The van der Waals surface area contributed by atoms with Crippen LogP contribution in [0.1, 0.15) is 24.8 Å². The van der Waals surface area contributed by atoms with E-state index in [0.717, 1.165) is 31.4 Å². The molecule has 1 unspecified atom stereocenters. The first-order valence-corrected chi connectivity index (χ1v) is 8.08. The smallest absolute Gasteiger partial charge is 0.232 e. The van der Waals surface area contributed by atoms with Gasteiger partial charge in [-0.2, -0.15) is 0 Å². The Bertz CT molecular complexity index is 438. The first-order chi connectivity index (χ1) is 9.70. The molecular weight excluding hydrogens is 277 g/mol. The van der Waals surface area contributed by atoms with Gasteiger partial charge < -0.3 is 10.0 Å². The number of halogens is 1. The first kappa shape index (κ1) is 15.3. The summed E-state index contributed by atoms with van der Waals surface area (Å²) in [6, 6.07) is 6.34. The second-order valence-corrected chi connectivity index (χ2v) is 6.02. The van der Waals surface area contributed by atoms with E-state index in [9.17, 15) is 14.3 Å². The van der Waals surface area contributed by atoms with Crippen LogP contribution in [0.4, 0.5) is 4.39 Å². The van der Waals surface area contributed by atoms with Crippen LogP contribution in [0.5, 0.6) is 0 Å². The minimum atomic E-state index is -0.242. The molecule has 0 aromatic heterocycles. The van der Waals surface area contributed by atoms with Gasteiger partial charge in [0.1, 0.15) is 5.82 Å². The Morgan fingerprint density at radius 3 is 2.80 bits per heavy atom. The van der Waals surface area contributed by atoms with E-state index in [2.05, 4.69) is 0 Å². The van der Waals surface area contributed by atoms with Crippen LogP contribution in [0.15, 0.2) is 24.3 Å². The molecule has 1 atom stereocenters. The second kappa shape index (κ2) is 7.64. The predicted molar refractivity (Wildman–Crippen MR) is 79.0 cm³/mol. The Hall–Kier alpha value is -1.07. The van der Waals surface area contributed by atoms with Gasteiger partial charge in [0.05, 0.1) is 18.4 Å². The summed E-state index contributed by atoms with van der Waals surface area (Å²) in [6.07, 6.45) is 2.99. The zero-order chi connectivity index (χ0) is 14.4. The summed E-state index contributed by atoms with van der Waals surface area (Å²) in [7, 11) is 0. The van der Waals surface area contributed by atoms with Crippen molar-refractivity contribution in [1.29, 1.82) is 0 Å². The summed E-state index contributed by atoms with van der Waals surface area (Å²) in [5.41, 5.74) is 1.02. The average molecular weight is 297 g/mol. The highest BCUT2D eigenvalue weighted by atomic mass is 32.2. The summed E-state index contributed by atoms with van der Waals surface area (Å²) in [4.78, 5) is 14.0. The van der Waals surface area contributed by atoms with Crippen LogP contribution in [-0.2, 0) is 10.5 Å². The first-order valence-electron chi connectivity index (χ1n) is 6.93. The van der Waals surface area contributed by atoms with Crippen molar-refractivity contribution in [1.82, 2.24) is 4.90 Å². The van der Waals surface area contributed by atoms with Crippen LogP contribution < -0.4 is 0 Å². The molecular formula is C15H20FNO2S. The number of rotatable bonds is 5. The highest BCUT2D eigenvalue weighted by Crippen LogP contribution is 2.19. The third kappa shape index (κ3) is 4.21. The molecule has 0 spiro atoms. The number of aliphatic hydroxyl groups excluding tert-OH is 1. The van der Waals surface area contributed by atoms with Gasteiger partial charge in [-0.25, -0.2) is 4.39 Å². The molecule has 1 saturated heterocycles. The topological polar surface area (TPSA) is 40.5 Å². The number of nitrogens with zero attached hydrogens (tertiary/aromatic N) is 1. The van der Waals surface area contributed by atoms with Crippen molar-refractivity contribution in [3.05, 3.63) is 35.6 Å². The van der Waals surface area contributed by atoms with E-state index in [-0.39, 0.29) is 24.4 Å². The van der Waals surface area contributed by atoms with Crippen LogP contribution in [0.25, 0.3) is 0 Å². The van der Waals surface area contributed by atoms with E-state index in [1.54, 1.807) is 17.0 Å². The van der Waals surface area contributed by atoms with E-state index in [4.69, 9.17) is 0 Å². The molecule has 0 radical (unpaired) electrons. The monoisotopic (exact) mass is 297 g/mol. The summed E-state index contributed by atoms with van der Waals surface area (Å²) < 4.78 is 12.8. The maximum Gasteiger partial charge on any atom is 0.232 e.